The standard InChI is InChI=1S/C6H9N2O/c9-6-5-8-3-1-7-2-4-8/h5H,1-4H2. The Hall–Kier alpha value is -0.790. The molecule has 0 aromatic rings. The van der Waals surface area contributed by atoms with Gasteiger partial charge in [-0.2, -0.15) is 0 Å². The first-order valence-electron chi connectivity index (χ1n) is 3.02. The molecule has 0 amide bonds. The van der Waals surface area contributed by atoms with Gasteiger partial charge in [-0.25, -0.2) is 10.1 Å². The minimum Gasteiger partial charge on any atom is -0.366 e. The van der Waals surface area contributed by atoms with Crippen molar-refractivity contribution in [3.8, 4) is 0 Å². The van der Waals surface area contributed by atoms with Crippen LogP contribution in [-0.2, 0) is 4.79 Å². The third-order valence-corrected chi connectivity index (χ3v) is 1.33. The van der Waals surface area contributed by atoms with Crippen molar-refractivity contribution in [2.45, 2.75) is 0 Å². The monoisotopic (exact) mass is 125 g/mol. The second-order valence-electron chi connectivity index (χ2n) is 1.95. The van der Waals surface area contributed by atoms with Crippen LogP contribution in [0.5, 0.6) is 0 Å². The Balaban J connectivity index is 2.31. The highest BCUT2D eigenvalue weighted by Crippen LogP contribution is 1.90. The lowest BCUT2D eigenvalue weighted by Crippen LogP contribution is -2.36. The first kappa shape index (κ1) is 6.33. The minimum atomic E-state index is 0.845. The van der Waals surface area contributed by atoms with E-state index in [0.29, 0.717) is 0 Å². The highest BCUT2D eigenvalue weighted by atomic mass is 16.1. The van der Waals surface area contributed by atoms with Gasteiger partial charge < -0.3 is 4.90 Å². The molecule has 1 aliphatic rings. The van der Waals surface area contributed by atoms with Gasteiger partial charge >= 0.3 is 0 Å². The summed E-state index contributed by atoms with van der Waals surface area (Å²) in [6.07, 6.45) is 1.45. The van der Waals surface area contributed by atoms with E-state index in [9.17, 15) is 4.79 Å². The summed E-state index contributed by atoms with van der Waals surface area (Å²) >= 11 is 0. The van der Waals surface area contributed by atoms with E-state index in [1.54, 1.807) is 5.94 Å². The predicted molar refractivity (Wildman–Crippen MR) is 33.7 cm³/mol. The first-order valence-corrected chi connectivity index (χ1v) is 3.02. The Morgan fingerprint density at radius 3 is 2.67 bits per heavy atom. The minimum absolute atomic E-state index is 0.845. The van der Waals surface area contributed by atoms with Gasteiger partial charge in [-0.1, -0.05) is 0 Å². The van der Waals surface area contributed by atoms with Crippen molar-refractivity contribution in [3.63, 3.8) is 0 Å². The fourth-order valence-corrected chi connectivity index (χ4v) is 0.826. The molecule has 0 saturated carbocycles. The van der Waals surface area contributed by atoms with Crippen LogP contribution in [0.25, 0.3) is 0 Å². The van der Waals surface area contributed by atoms with Gasteiger partial charge in [0, 0.05) is 26.2 Å². The zero-order chi connectivity index (χ0) is 6.53. The van der Waals surface area contributed by atoms with Crippen LogP contribution in [-0.4, -0.2) is 37.0 Å². The number of rotatable bonds is 1. The van der Waals surface area contributed by atoms with Crippen molar-refractivity contribution in [2.24, 2.45) is 0 Å². The fourth-order valence-electron chi connectivity index (χ4n) is 0.826. The van der Waals surface area contributed by atoms with E-state index in [2.05, 4.69) is 5.32 Å². The molecule has 1 fully saturated rings. The maximum absolute atomic E-state index is 9.82. The van der Waals surface area contributed by atoms with Gasteiger partial charge in [0.2, 0.25) is 0 Å². The molecule has 49 valence electrons. The largest absolute Gasteiger partial charge is 0.366 e. The molecule has 0 bridgehead atoms. The van der Waals surface area contributed by atoms with Crippen LogP contribution in [0.15, 0.2) is 6.20 Å². The lowest BCUT2D eigenvalue weighted by atomic mass is 10.4. The summed E-state index contributed by atoms with van der Waals surface area (Å²) < 4.78 is 0. The van der Waals surface area contributed by atoms with E-state index >= 15 is 0 Å². The molecule has 0 spiro atoms. The highest BCUT2D eigenvalue weighted by Gasteiger charge is 2.04. The molecule has 3 nitrogen and oxygen atoms in total. The van der Waals surface area contributed by atoms with Gasteiger partial charge in [-0.15, -0.1) is 0 Å². The number of piperazine rings is 1. The molecule has 1 saturated heterocycles. The normalized spacial score (nSPS) is 18.9. The Labute approximate surface area is 54.3 Å². The van der Waals surface area contributed by atoms with Crippen molar-refractivity contribution in [3.05, 3.63) is 6.20 Å². The summed E-state index contributed by atoms with van der Waals surface area (Å²) in [6.45, 7) is 3.43. The quantitative estimate of drug-likeness (QED) is 0.432. The Morgan fingerprint density at radius 1 is 1.44 bits per heavy atom. The molecular weight excluding hydrogens is 116 g/mol. The third-order valence-electron chi connectivity index (χ3n) is 1.33. The molecule has 1 radical (unpaired) electrons. The molecule has 0 aromatic carbocycles. The van der Waals surface area contributed by atoms with Crippen molar-refractivity contribution in [1.29, 1.82) is 0 Å². The molecule has 0 atom stereocenters. The van der Waals surface area contributed by atoms with Crippen molar-refractivity contribution in [2.75, 3.05) is 26.2 Å². The van der Waals surface area contributed by atoms with Gasteiger partial charge in [-0.05, 0) is 0 Å². The summed E-state index contributed by atoms with van der Waals surface area (Å²) in [6, 6.07) is 0. The molecule has 0 aliphatic carbocycles. The van der Waals surface area contributed by atoms with Crippen LogP contribution < -0.4 is 5.32 Å². The number of hydrogen-bond donors (Lipinski definition) is 0. The smallest absolute Gasteiger partial charge is 0.142 e. The van der Waals surface area contributed by atoms with Crippen molar-refractivity contribution >= 4 is 5.94 Å². The molecule has 0 unspecified atom stereocenters. The second-order valence-corrected chi connectivity index (χ2v) is 1.95. The number of nitrogens with zero attached hydrogens (tertiary/aromatic N) is 2. The SMILES string of the molecule is O=C=CN1CC[N]CC1. The van der Waals surface area contributed by atoms with Crippen molar-refractivity contribution < 1.29 is 4.79 Å². The lowest BCUT2D eigenvalue weighted by Gasteiger charge is -2.22. The molecular formula is C6H9N2O. The van der Waals surface area contributed by atoms with Crippen LogP contribution in [0, 0.1) is 0 Å². The van der Waals surface area contributed by atoms with Crippen LogP contribution in [0.1, 0.15) is 0 Å². The van der Waals surface area contributed by atoms with Gasteiger partial charge in [-0.3, -0.25) is 0 Å². The van der Waals surface area contributed by atoms with Crippen molar-refractivity contribution in [1.82, 2.24) is 10.2 Å². The Kier molecular flexibility index (Phi) is 2.31. The zero-order valence-corrected chi connectivity index (χ0v) is 5.21. The Bertz CT molecular complexity index is 123. The molecule has 1 heterocycles. The topological polar surface area (TPSA) is 34.4 Å². The third kappa shape index (κ3) is 1.88. The Morgan fingerprint density at radius 2 is 2.11 bits per heavy atom. The predicted octanol–water partition coefficient (Wildman–Crippen LogP) is -0.748. The molecule has 3 heteroatoms. The molecule has 1 aliphatic heterocycles. The number of hydrogen-bond acceptors (Lipinski definition) is 2. The van der Waals surface area contributed by atoms with Gasteiger partial charge in [0.15, 0.2) is 0 Å². The first-order chi connectivity index (χ1) is 4.43. The maximum Gasteiger partial charge on any atom is 0.142 e. The summed E-state index contributed by atoms with van der Waals surface area (Å²) in [5.74, 6) is 1.75. The molecule has 0 N–H and O–H groups in total. The van der Waals surface area contributed by atoms with E-state index in [1.807, 2.05) is 4.90 Å². The van der Waals surface area contributed by atoms with E-state index in [-0.39, 0.29) is 0 Å². The van der Waals surface area contributed by atoms with Gasteiger partial charge in [0.1, 0.15) is 5.94 Å². The average molecular weight is 125 g/mol. The van der Waals surface area contributed by atoms with E-state index < -0.39 is 0 Å². The van der Waals surface area contributed by atoms with E-state index in [0.717, 1.165) is 26.2 Å². The van der Waals surface area contributed by atoms with Crippen LogP contribution >= 0.6 is 0 Å². The average Bonchev–Trinajstić information content (AvgIpc) is 1.91. The molecule has 9 heavy (non-hydrogen) atoms. The lowest BCUT2D eigenvalue weighted by molar-refractivity contribution is 0.321. The number of carbonyl (C=O) groups excluding carboxylic acids is 1. The molecule has 0 aromatic heterocycles. The zero-order valence-electron chi connectivity index (χ0n) is 5.21. The van der Waals surface area contributed by atoms with Crippen LogP contribution in [0.2, 0.25) is 0 Å². The van der Waals surface area contributed by atoms with Crippen LogP contribution in [0.4, 0.5) is 0 Å². The summed E-state index contributed by atoms with van der Waals surface area (Å²) in [5.41, 5.74) is 0. The maximum atomic E-state index is 9.82. The van der Waals surface area contributed by atoms with E-state index in [1.165, 1.54) is 6.20 Å². The van der Waals surface area contributed by atoms with Gasteiger partial charge in [0.25, 0.3) is 0 Å². The molecule has 1 rings (SSSR count). The second kappa shape index (κ2) is 3.28. The van der Waals surface area contributed by atoms with Crippen LogP contribution in [0.3, 0.4) is 0 Å². The van der Waals surface area contributed by atoms with E-state index in [4.69, 9.17) is 0 Å². The summed E-state index contributed by atoms with van der Waals surface area (Å²) in [5, 5.41) is 4.12. The summed E-state index contributed by atoms with van der Waals surface area (Å²) in [4.78, 5) is 11.8. The van der Waals surface area contributed by atoms with Gasteiger partial charge in [0.05, 0.1) is 6.20 Å². The highest BCUT2D eigenvalue weighted by molar-refractivity contribution is 5.44. The fraction of sp³-hybridized carbons (Fsp3) is 0.667. The summed E-state index contributed by atoms with van der Waals surface area (Å²) in [7, 11) is 0.